The SMILES string of the molecule is CC1(C)c2cc(-c3ccc(-c4cccc(-c5nc(-c6ccccc6)nc6c5oc5ccccc56)c4)cc3)ccc2-c2cc3c(cc21)-c1ccccc1C31CCCCC1. The Morgan fingerprint density at radius 1 is 0.448 bits per heavy atom. The summed E-state index contributed by atoms with van der Waals surface area (Å²) in [5.74, 6) is 0.688. The summed E-state index contributed by atoms with van der Waals surface area (Å²) in [7, 11) is 0. The lowest BCUT2D eigenvalue weighted by Gasteiger charge is -2.36. The monoisotopic (exact) mass is 746 g/mol. The Balaban J connectivity index is 0.897. The van der Waals surface area contributed by atoms with Crippen LogP contribution in [0, 0.1) is 0 Å². The van der Waals surface area contributed by atoms with E-state index in [9.17, 15) is 0 Å². The van der Waals surface area contributed by atoms with Crippen LogP contribution in [0.1, 0.15) is 68.2 Å². The minimum atomic E-state index is -0.0972. The first-order valence-corrected chi connectivity index (χ1v) is 20.9. The lowest BCUT2D eigenvalue weighted by molar-refractivity contribution is 0.353. The predicted octanol–water partition coefficient (Wildman–Crippen LogP) is 14.6. The molecule has 278 valence electrons. The van der Waals surface area contributed by atoms with Gasteiger partial charge in [-0.2, -0.15) is 0 Å². The van der Waals surface area contributed by atoms with E-state index >= 15 is 0 Å². The van der Waals surface area contributed by atoms with Crippen LogP contribution in [0.5, 0.6) is 0 Å². The number of nitrogens with zero attached hydrogens (tertiary/aromatic N) is 2. The topological polar surface area (TPSA) is 38.9 Å². The fourth-order valence-corrected chi connectivity index (χ4v) is 10.8. The molecule has 0 amide bonds. The molecular weight excluding hydrogens is 705 g/mol. The van der Waals surface area contributed by atoms with E-state index in [2.05, 4.69) is 135 Å². The van der Waals surface area contributed by atoms with Crippen LogP contribution < -0.4 is 0 Å². The summed E-state index contributed by atoms with van der Waals surface area (Å²) in [6, 6.07) is 57.6. The van der Waals surface area contributed by atoms with Crippen molar-refractivity contribution in [2.75, 3.05) is 0 Å². The number of para-hydroxylation sites is 1. The Morgan fingerprint density at radius 2 is 1.07 bits per heavy atom. The third-order valence-corrected chi connectivity index (χ3v) is 13.7. The molecule has 0 aliphatic heterocycles. The van der Waals surface area contributed by atoms with Crippen LogP contribution in [0.4, 0.5) is 0 Å². The van der Waals surface area contributed by atoms with Gasteiger partial charge >= 0.3 is 0 Å². The van der Waals surface area contributed by atoms with Crippen LogP contribution in [0.25, 0.3) is 89.2 Å². The molecule has 9 aromatic rings. The van der Waals surface area contributed by atoms with Crippen molar-refractivity contribution in [1.29, 1.82) is 0 Å². The minimum Gasteiger partial charge on any atom is -0.452 e. The maximum atomic E-state index is 6.44. The third kappa shape index (κ3) is 4.86. The first-order chi connectivity index (χ1) is 28.5. The van der Waals surface area contributed by atoms with Gasteiger partial charge in [0.2, 0.25) is 0 Å². The fraction of sp³-hybridized carbons (Fsp3) is 0.164. The van der Waals surface area contributed by atoms with Gasteiger partial charge < -0.3 is 4.42 Å². The first kappa shape index (κ1) is 33.5. The number of rotatable bonds is 4. The molecule has 0 atom stereocenters. The summed E-state index contributed by atoms with van der Waals surface area (Å²) in [5, 5.41) is 0.992. The van der Waals surface area contributed by atoms with Gasteiger partial charge in [-0.05, 0) is 116 Å². The molecule has 2 aromatic heterocycles. The Kier molecular flexibility index (Phi) is 7.21. The fourth-order valence-electron chi connectivity index (χ4n) is 10.8. The van der Waals surface area contributed by atoms with E-state index in [1.807, 2.05) is 36.4 Å². The van der Waals surface area contributed by atoms with Crippen molar-refractivity contribution in [2.45, 2.75) is 56.8 Å². The zero-order chi connectivity index (χ0) is 38.6. The van der Waals surface area contributed by atoms with E-state index in [1.54, 1.807) is 11.1 Å². The van der Waals surface area contributed by atoms with Crippen LogP contribution >= 0.6 is 0 Å². The molecule has 1 saturated carbocycles. The van der Waals surface area contributed by atoms with Gasteiger partial charge in [0.25, 0.3) is 0 Å². The van der Waals surface area contributed by atoms with Crippen molar-refractivity contribution in [3.8, 4) is 67.2 Å². The van der Waals surface area contributed by atoms with Gasteiger partial charge in [-0.1, -0.05) is 154 Å². The highest BCUT2D eigenvalue weighted by Gasteiger charge is 2.46. The van der Waals surface area contributed by atoms with Crippen molar-refractivity contribution >= 4 is 22.1 Å². The van der Waals surface area contributed by atoms with Crippen LogP contribution in [-0.4, -0.2) is 9.97 Å². The molecule has 0 radical (unpaired) electrons. The quantitative estimate of drug-likeness (QED) is 0.180. The summed E-state index contributed by atoms with van der Waals surface area (Å²) in [6.45, 7) is 4.83. The zero-order valence-electron chi connectivity index (χ0n) is 32.8. The molecule has 3 aliphatic carbocycles. The van der Waals surface area contributed by atoms with Crippen molar-refractivity contribution < 1.29 is 4.42 Å². The molecule has 2 heterocycles. The van der Waals surface area contributed by atoms with E-state index in [1.165, 1.54) is 76.6 Å². The molecule has 0 unspecified atom stereocenters. The van der Waals surface area contributed by atoms with Crippen LogP contribution in [-0.2, 0) is 10.8 Å². The minimum absolute atomic E-state index is 0.0972. The molecule has 1 fully saturated rings. The van der Waals surface area contributed by atoms with Gasteiger partial charge in [0, 0.05) is 27.3 Å². The van der Waals surface area contributed by atoms with Crippen LogP contribution in [0.15, 0.2) is 162 Å². The van der Waals surface area contributed by atoms with Gasteiger partial charge in [-0.3, -0.25) is 0 Å². The smallest absolute Gasteiger partial charge is 0.180 e. The highest BCUT2D eigenvalue weighted by atomic mass is 16.3. The Morgan fingerprint density at radius 3 is 1.90 bits per heavy atom. The van der Waals surface area contributed by atoms with Gasteiger partial charge in [-0.15, -0.1) is 0 Å². The number of aromatic nitrogens is 2. The molecule has 1 spiro atoms. The second-order valence-corrected chi connectivity index (χ2v) is 17.2. The molecule has 0 N–H and O–H groups in total. The lowest BCUT2D eigenvalue weighted by atomic mass is 9.67. The summed E-state index contributed by atoms with van der Waals surface area (Å²) in [6.07, 6.45) is 6.48. The second kappa shape index (κ2) is 12.5. The highest BCUT2D eigenvalue weighted by Crippen LogP contribution is 2.60. The van der Waals surface area contributed by atoms with Gasteiger partial charge in [0.05, 0.1) is 0 Å². The Hall–Kier alpha value is -6.58. The van der Waals surface area contributed by atoms with Gasteiger partial charge in [-0.25, -0.2) is 9.97 Å². The number of hydrogen-bond donors (Lipinski definition) is 0. The molecule has 12 rings (SSSR count). The van der Waals surface area contributed by atoms with Gasteiger partial charge in [0.1, 0.15) is 16.8 Å². The summed E-state index contributed by atoms with van der Waals surface area (Å²) >= 11 is 0. The molecule has 3 aliphatic rings. The van der Waals surface area contributed by atoms with Crippen molar-refractivity contribution in [1.82, 2.24) is 9.97 Å². The number of hydrogen-bond acceptors (Lipinski definition) is 3. The summed E-state index contributed by atoms with van der Waals surface area (Å²) < 4.78 is 6.44. The lowest BCUT2D eigenvalue weighted by Crippen LogP contribution is -2.28. The number of benzene rings is 7. The third-order valence-electron chi connectivity index (χ3n) is 13.7. The molecule has 3 heteroatoms. The van der Waals surface area contributed by atoms with Crippen LogP contribution in [0.3, 0.4) is 0 Å². The van der Waals surface area contributed by atoms with E-state index < -0.39 is 0 Å². The van der Waals surface area contributed by atoms with E-state index in [0.29, 0.717) is 11.4 Å². The van der Waals surface area contributed by atoms with Crippen molar-refractivity contribution in [3.63, 3.8) is 0 Å². The first-order valence-electron chi connectivity index (χ1n) is 20.9. The molecular formula is C55H42N2O. The van der Waals surface area contributed by atoms with Crippen molar-refractivity contribution in [2.24, 2.45) is 0 Å². The number of furan rings is 1. The Labute approximate surface area is 339 Å². The molecule has 0 bridgehead atoms. The van der Waals surface area contributed by atoms with Crippen molar-refractivity contribution in [3.05, 3.63) is 180 Å². The highest BCUT2D eigenvalue weighted by molar-refractivity contribution is 6.07. The molecule has 58 heavy (non-hydrogen) atoms. The van der Waals surface area contributed by atoms with Crippen LogP contribution in [0.2, 0.25) is 0 Å². The molecule has 3 nitrogen and oxygen atoms in total. The van der Waals surface area contributed by atoms with E-state index in [4.69, 9.17) is 14.4 Å². The summed E-state index contributed by atoms with van der Waals surface area (Å²) in [5.41, 5.74) is 21.7. The number of fused-ring (bicyclic) bond motifs is 11. The zero-order valence-corrected chi connectivity index (χ0v) is 32.8. The summed E-state index contributed by atoms with van der Waals surface area (Å²) in [4.78, 5) is 10.1. The van der Waals surface area contributed by atoms with E-state index in [0.717, 1.165) is 44.4 Å². The standard InChI is InChI=1S/C55H42N2O/c1-54(2)46-31-38(26-27-41(46)43-33-48-44(32-47(43)54)40-18-7-9-20-45(40)55(48)28-11-4-12-29-55)35-24-22-34(23-25-35)37-16-13-17-39(30-37)50-52-51(42-19-8-10-21-49(42)58-52)57-53(56-50)36-14-5-3-6-15-36/h3,5-10,13-27,30-33H,4,11-12,28-29H2,1-2H3. The Bertz CT molecular complexity index is 3110. The average molecular weight is 747 g/mol. The van der Waals surface area contributed by atoms with E-state index in [-0.39, 0.29) is 10.8 Å². The second-order valence-electron chi connectivity index (χ2n) is 17.2. The molecule has 0 saturated heterocycles. The maximum Gasteiger partial charge on any atom is 0.180 e. The predicted molar refractivity (Wildman–Crippen MR) is 238 cm³/mol. The average Bonchev–Trinajstić information content (AvgIpc) is 3.86. The molecule has 7 aromatic carbocycles. The maximum absolute atomic E-state index is 6.44. The normalized spacial score (nSPS) is 15.7. The van der Waals surface area contributed by atoms with Gasteiger partial charge in [0.15, 0.2) is 11.4 Å². The largest absolute Gasteiger partial charge is 0.452 e.